The topological polar surface area (TPSA) is 98.5 Å². The van der Waals surface area contributed by atoms with Gasteiger partial charge in [0.1, 0.15) is 0 Å². The standard InChI is InChI=1S/C18H17ClN2O5S/c1-10-13(19)5-4-6-14(10)20-17(22)11(2)26-18(23)12-7-8-16(27-3)15(9-12)21(24)25/h4-9,11H,1-3H3,(H,20,22)/t11-/m1/s1. The van der Waals surface area contributed by atoms with Crippen LogP contribution in [0.1, 0.15) is 22.8 Å². The second kappa shape index (κ2) is 8.88. The fraction of sp³-hybridized carbons (Fsp3) is 0.222. The molecule has 0 fully saturated rings. The molecular weight excluding hydrogens is 392 g/mol. The van der Waals surface area contributed by atoms with E-state index < -0.39 is 22.9 Å². The molecule has 0 aliphatic rings. The van der Waals surface area contributed by atoms with Gasteiger partial charge in [-0.2, -0.15) is 0 Å². The molecule has 7 nitrogen and oxygen atoms in total. The van der Waals surface area contributed by atoms with Gasteiger partial charge in [-0.25, -0.2) is 4.79 Å². The summed E-state index contributed by atoms with van der Waals surface area (Å²) in [5, 5.41) is 14.3. The summed E-state index contributed by atoms with van der Waals surface area (Å²) < 4.78 is 5.14. The Kier molecular flexibility index (Phi) is 6.81. The molecule has 0 aliphatic heterocycles. The first-order valence-electron chi connectivity index (χ1n) is 7.84. The maximum absolute atomic E-state index is 12.3. The number of carbonyl (C=O) groups excluding carboxylic acids is 2. The van der Waals surface area contributed by atoms with Crippen LogP contribution in [-0.4, -0.2) is 29.2 Å². The Hall–Kier alpha value is -2.58. The van der Waals surface area contributed by atoms with E-state index in [0.29, 0.717) is 21.2 Å². The van der Waals surface area contributed by atoms with E-state index in [1.807, 2.05) is 0 Å². The van der Waals surface area contributed by atoms with Gasteiger partial charge < -0.3 is 10.1 Å². The predicted octanol–water partition coefficient (Wildman–Crippen LogP) is 4.46. The zero-order valence-corrected chi connectivity index (χ0v) is 16.4. The van der Waals surface area contributed by atoms with Crippen LogP contribution in [0.2, 0.25) is 5.02 Å². The molecule has 0 saturated heterocycles. The monoisotopic (exact) mass is 408 g/mol. The van der Waals surface area contributed by atoms with Crippen molar-refractivity contribution in [2.75, 3.05) is 11.6 Å². The molecule has 0 unspecified atom stereocenters. The molecule has 1 N–H and O–H groups in total. The van der Waals surface area contributed by atoms with Gasteiger partial charge in [-0.15, -0.1) is 11.8 Å². The summed E-state index contributed by atoms with van der Waals surface area (Å²) >= 11 is 7.21. The van der Waals surface area contributed by atoms with Crippen LogP contribution in [0.25, 0.3) is 0 Å². The van der Waals surface area contributed by atoms with Crippen molar-refractivity contribution in [1.82, 2.24) is 0 Å². The third-order valence-electron chi connectivity index (χ3n) is 3.79. The number of rotatable bonds is 6. The normalized spacial score (nSPS) is 11.6. The quantitative estimate of drug-likeness (QED) is 0.328. The molecule has 1 atom stereocenters. The number of halogens is 1. The van der Waals surface area contributed by atoms with Crippen molar-refractivity contribution in [2.45, 2.75) is 24.8 Å². The molecule has 2 aromatic carbocycles. The van der Waals surface area contributed by atoms with Crippen molar-refractivity contribution < 1.29 is 19.2 Å². The molecule has 27 heavy (non-hydrogen) atoms. The molecular formula is C18H17ClN2O5S. The molecule has 2 rings (SSSR count). The first kappa shape index (κ1) is 20.7. The van der Waals surface area contributed by atoms with Gasteiger partial charge in [-0.05, 0) is 49.9 Å². The third-order valence-corrected chi connectivity index (χ3v) is 4.98. The molecule has 0 spiro atoms. The highest BCUT2D eigenvalue weighted by Crippen LogP contribution is 2.28. The number of anilines is 1. The summed E-state index contributed by atoms with van der Waals surface area (Å²) in [4.78, 5) is 35.5. The maximum atomic E-state index is 12.3. The minimum Gasteiger partial charge on any atom is -0.449 e. The SMILES string of the molecule is CSc1ccc(C(=O)O[C@H](C)C(=O)Nc2cccc(Cl)c2C)cc1[N+](=O)[O-]. The van der Waals surface area contributed by atoms with Gasteiger partial charge >= 0.3 is 5.97 Å². The van der Waals surface area contributed by atoms with Gasteiger partial charge in [0.2, 0.25) is 0 Å². The summed E-state index contributed by atoms with van der Waals surface area (Å²) in [7, 11) is 0. The molecule has 0 bridgehead atoms. The molecule has 0 aliphatic carbocycles. The number of thioether (sulfide) groups is 1. The average molecular weight is 409 g/mol. The minimum absolute atomic E-state index is 0.00177. The zero-order chi connectivity index (χ0) is 20.1. The van der Waals surface area contributed by atoms with Gasteiger partial charge in [-0.3, -0.25) is 14.9 Å². The summed E-state index contributed by atoms with van der Waals surface area (Å²) in [5.41, 5.74) is 1.01. The molecule has 0 saturated carbocycles. The van der Waals surface area contributed by atoms with Crippen LogP contribution in [0, 0.1) is 17.0 Å². The van der Waals surface area contributed by atoms with E-state index >= 15 is 0 Å². The second-order valence-corrected chi connectivity index (χ2v) is 6.85. The Labute approximate surface area is 165 Å². The minimum atomic E-state index is -1.10. The van der Waals surface area contributed by atoms with E-state index in [9.17, 15) is 19.7 Å². The summed E-state index contributed by atoms with van der Waals surface area (Å²) in [5.74, 6) is -1.36. The number of nitro benzene ring substituents is 1. The summed E-state index contributed by atoms with van der Waals surface area (Å²) in [6.45, 7) is 3.17. The van der Waals surface area contributed by atoms with Crippen LogP contribution >= 0.6 is 23.4 Å². The van der Waals surface area contributed by atoms with Gasteiger partial charge in [0.05, 0.1) is 15.4 Å². The van der Waals surface area contributed by atoms with Crippen LogP contribution in [0.4, 0.5) is 11.4 Å². The number of esters is 1. The van der Waals surface area contributed by atoms with Crippen LogP contribution in [-0.2, 0) is 9.53 Å². The third kappa shape index (κ3) is 4.99. The lowest BCUT2D eigenvalue weighted by Crippen LogP contribution is -2.30. The number of ether oxygens (including phenoxy) is 1. The molecule has 0 heterocycles. The van der Waals surface area contributed by atoms with Crippen molar-refractivity contribution in [3.63, 3.8) is 0 Å². The Bertz CT molecular complexity index is 903. The van der Waals surface area contributed by atoms with E-state index in [1.54, 1.807) is 31.4 Å². The number of nitrogens with zero attached hydrogens (tertiary/aromatic N) is 1. The number of amides is 1. The van der Waals surface area contributed by atoms with Crippen molar-refractivity contribution in [3.8, 4) is 0 Å². The van der Waals surface area contributed by atoms with E-state index in [1.165, 1.54) is 30.8 Å². The first-order valence-corrected chi connectivity index (χ1v) is 9.44. The van der Waals surface area contributed by atoms with E-state index in [0.717, 1.165) is 6.07 Å². The number of hydrogen-bond acceptors (Lipinski definition) is 6. The molecule has 0 radical (unpaired) electrons. The highest BCUT2D eigenvalue weighted by molar-refractivity contribution is 7.98. The zero-order valence-electron chi connectivity index (χ0n) is 14.8. The summed E-state index contributed by atoms with van der Waals surface area (Å²) in [6, 6.07) is 9.10. The Morgan fingerprint density at radius 1 is 1.30 bits per heavy atom. The van der Waals surface area contributed by atoms with E-state index in [2.05, 4.69) is 5.32 Å². The molecule has 0 aromatic heterocycles. The fourth-order valence-corrected chi connectivity index (χ4v) is 2.94. The predicted molar refractivity (Wildman–Crippen MR) is 105 cm³/mol. The average Bonchev–Trinajstić information content (AvgIpc) is 2.64. The lowest BCUT2D eigenvalue weighted by molar-refractivity contribution is -0.387. The number of carbonyl (C=O) groups is 2. The van der Waals surface area contributed by atoms with Crippen molar-refractivity contribution in [3.05, 3.63) is 62.7 Å². The van der Waals surface area contributed by atoms with Gasteiger partial charge in [0.25, 0.3) is 11.6 Å². The Morgan fingerprint density at radius 3 is 2.63 bits per heavy atom. The lowest BCUT2D eigenvalue weighted by Gasteiger charge is -2.15. The van der Waals surface area contributed by atoms with Gasteiger partial charge in [-0.1, -0.05) is 17.7 Å². The van der Waals surface area contributed by atoms with Crippen molar-refractivity contribution in [2.24, 2.45) is 0 Å². The van der Waals surface area contributed by atoms with Crippen molar-refractivity contribution in [1.29, 1.82) is 0 Å². The molecule has 2 aromatic rings. The number of hydrogen-bond donors (Lipinski definition) is 1. The van der Waals surface area contributed by atoms with Gasteiger partial charge in [0.15, 0.2) is 6.10 Å². The summed E-state index contributed by atoms with van der Waals surface area (Å²) in [6.07, 6.45) is 0.597. The Balaban J connectivity index is 2.10. The second-order valence-electron chi connectivity index (χ2n) is 5.59. The Morgan fingerprint density at radius 2 is 2.00 bits per heavy atom. The van der Waals surface area contributed by atoms with E-state index in [-0.39, 0.29) is 11.3 Å². The largest absolute Gasteiger partial charge is 0.449 e. The molecule has 1 amide bonds. The van der Waals surface area contributed by atoms with E-state index in [4.69, 9.17) is 16.3 Å². The molecule has 9 heteroatoms. The maximum Gasteiger partial charge on any atom is 0.339 e. The van der Waals surface area contributed by atoms with Crippen LogP contribution in [0.15, 0.2) is 41.3 Å². The number of nitro groups is 1. The van der Waals surface area contributed by atoms with Crippen molar-refractivity contribution >= 4 is 46.6 Å². The smallest absolute Gasteiger partial charge is 0.339 e. The lowest BCUT2D eigenvalue weighted by atomic mass is 10.2. The van der Waals surface area contributed by atoms with Gasteiger partial charge in [0, 0.05) is 16.8 Å². The number of nitrogens with one attached hydrogen (secondary N) is 1. The molecule has 142 valence electrons. The van der Waals surface area contributed by atoms with Crippen LogP contribution in [0.3, 0.4) is 0 Å². The van der Waals surface area contributed by atoms with Crippen LogP contribution < -0.4 is 5.32 Å². The van der Waals surface area contributed by atoms with Crippen LogP contribution in [0.5, 0.6) is 0 Å². The first-order chi connectivity index (χ1) is 12.7. The highest BCUT2D eigenvalue weighted by atomic mass is 35.5. The highest BCUT2D eigenvalue weighted by Gasteiger charge is 2.22. The number of benzene rings is 2. The fourth-order valence-electron chi connectivity index (χ4n) is 2.22.